The molecule has 0 fully saturated rings. The molecule has 0 spiro atoms. The zero-order chi connectivity index (χ0) is 13.3. The highest BCUT2D eigenvalue weighted by molar-refractivity contribution is 5.87. The van der Waals surface area contributed by atoms with Gasteiger partial charge < -0.3 is 9.84 Å². The van der Waals surface area contributed by atoms with Gasteiger partial charge in [-0.3, -0.25) is 5.10 Å². The maximum Gasteiger partial charge on any atom is 0.353 e. The van der Waals surface area contributed by atoms with Gasteiger partial charge in [-0.1, -0.05) is 0 Å². The number of methoxy groups -OCH3 is 1. The molecule has 1 heterocycles. The van der Waals surface area contributed by atoms with E-state index in [1.54, 1.807) is 0 Å². The van der Waals surface area contributed by atoms with Crippen molar-refractivity contribution in [2.24, 2.45) is 0 Å². The van der Waals surface area contributed by atoms with Gasteiger partial charge in [-0.2, -0.15) is 5.10 Å². The fourth-order valence-electron chi connectivity index (χ4n) is 1.53. The third kappa shape index (κ3) is 2.02. The summed E-state index contributed by atoms with van der Waals surface area (Å²) in [4.78, 5) is 10.7. The topological polar surface area (TPSA) is 75.2 Å². The summed E-state index contributed by atoms with van der Waals surface area (Å²) in [5.41, 5.74) is -0.0573. The Labute approximate surface area is 100 Å². The number of aromatic nitrogens is 2. The lowest BCUT2D eigenvalue weighted by molar-refractivity contribution is 0.0690. The first-order chi connectivity index (χ1) is 8.52. The molecule has 0 saturated carbocycles. The predicted octanol–water partition coefficient (Wildman–Crippen LogP) is 2.06. The molecule has 2 aromatic rings. The Kier molecular flexibility index (Phi) is 2.97. The monoisotopic (exact) mass is 254 g/mol. The van der Waals surface area contributed by atoms with Crippen LogP contribution in [0.1, 0.15) is 10.5 Å². The van der Waals surface area contributed by atoms with Crippen LogP contribution in [0.2, 0.25) is 0 Å². The number of nitrogens with zero attached hydrogens (tertiary/aromatic N) is 1. The number of hydrogen-bond donors (Lipinski definition) is 2. The van der Waals surface area contributed by atoms with Crippen molar-refractivity contribution < 1.29 is 23.4 Å². The highest BCUT2D eigenvalue weighted by Gasteiger charge is 2.17. The van der Waals surface area contributed by atoms with Crippen LogP contribution in [0.5, 0.6) is 5.75 Å². The van der Waals surface area contributed by atoms with Gasteiger partial charge in [0.1, 0.15) is 11.5 Å². The first-order valence-electron chi connectivity index (χ1n) is 4.85. The molecule has 0 saturated heterocycles. The van der Waals surface area contributed by atoms with Gasteiger partial charge in [-0.15, -0.1) is 0 Å². The molecule has 0 amide bonds. The molecular formula is C11H8F2N2O3. The number of ether oxygens (including phenoxy) is 1. The maximum absolute atomic E-state index is 13.4. The van der Waals surface area contributed by atoms with Gasteiger partial charge in [-0.05, 0) is 12.1 Å². The third-order valence-electron chi connectivity index (χ3n) is 2.30. The second-order valence-corrected chi connectivity index (χ2v) is 3.44. The first kappa shape index (κ1) is 12.0. The van der Waals surface area contributed by atoms with Crippen molar-refractivity contribution in [1.29, 1.82) is 0 Å². The second kappa shape index (κ2) is 4.44. The maximum atomic E-state index is 13.4. The van der Waals surface area contributed by atoms with Crippen molar-refractivity contribution in [3.8, 4) is 17.0 Å². The highest BCUT2D eigenvalue weighted by atomic mass is 19.1. The normalized spacial score (nSPS) is 10.4. The van der Waals surface area contributed by atoms with E-state index in [-0.39, 0.29) is 22.7 Å². The quantitative estimate of drug-likeness (QED) is 0.879. The van der Waals surface area contributed by atoms with Crippen LogP contribution < -0.4 is 4.74 Å². The first-order valence-corrected chi connectivity index (χ1v) is 4.85. The van der Waals surface area contributed by atoms with Gasteiger partial charge >= 0.3 is 5.97 Å². The van der Waals surface area contributed by atoms with Crippen molar-refractivity contribution in [1.82, 2.24) is 10.2 Å². The summed E-state index contributed by atoms with van der Waals surface area (Å²) in [6, 6.07) is 2.86. The second-order valence-electron chi connectivity index (χ2n) is 3.44. The van der Waals surface area contributed by atoms with Crippen molar-refractivity contribution in [2.75, 3.05) is 7.11 Å². The molecule has 0 bridgehead atoms. The summed E-state index contributed by atoms with van der Waals surface area (Å²) < 4.78 is 31.4. The number of benzene rings is 1. The number of aromatic amines is 1. The average Bonchev–Trinajstić information content (AvgIpc) is 2.77. The summed E-state index contributed by atoms with van der Waals surface area (Å²) in [6.07, 6.45) is 0. The van der Waals surface area contributed by atoms with E-state index in [1.165, 1.54) is 13.2 Å². The van der Waals surface area contributed by atoms with Crippen LogP contribution in [-0.2, 0) is 0 Å². The van der Waals surface area contributed by atoms with Gasteiger partial charge in [-0.25, -0.2) is 13.6 Å². The summed E-state index contributed by atoms with van der Waals surface area (Å²) in [5, 5.41) is 14.7. The summed E-state index contributed by atoms with van der Waals surface area (Å²) in [7, 11) is 1.23. The molecule has 0 aliphatic carbocycles. The molecule has 18 heavy (non-hydrogen) atoms. The number of carboxylic acids is 1. The molecule has 0 unspecified atom stereocenters. The Morgan fingerprint density at radius 3 is 2.67 bits per heavy atom. The molecule has 1 aromatic carbocycles. The van der Waals surface area contributed by atoms with Gasteiger partial charge in [0.25, 0.3) is 0 Å². The highest BCUT2D eigenvalue weighted by Crippen LogP contribution is 2.32. The number of aromatic carboxylic acids is 1. The van der Waals surface area contributed by atoms with E-state index in [9.17, 15) is 13.6 Å². The lowest BCUT2D eigenvalue weighted by Gasteiger charge is -2.07. The van der Waals surface area contributed by atoms with E-state index in [4.69, 9.17) is 9.84 Å². The molecule has 7 heteroatoms. The molecular weight excluding hydrogens is 246 g/mol. The zero-order valence-electron chi connectivity index (χ0n) is 9.20. The molecule has 0 aliphatic heterocycles. The number of nitrogens with one attached hydrogen (secondary N) is 1. The average molecular weight is 254 g/mol. The van der Waals surface area contributed by atoms with E-state index >= 15 is 0 Å². The third-order valence-corrected chi connectivity index (χ3v) is 2.30. The van der Waals surface area contributed by atoms with Crippen molar-refractivity contribution in [3.63, 3.8) is 0 Å². The Morgan fingerprint density at radius 2 is 2.11 bits per heavy atom. The SMILES string of the molecule is COc1c(F)cc(F)cc1-c1cc(C(=O)O)[nH]n1. The zero-order valence-corrected chi connectivity index (χ0v) is 9.20. The number of carboxylic acid groups (broad SMARTS) is 1. The standard InChI is InChI=1S/C11H8F2N2O3/c1-18-10-6(2-5(12)3-7(10)13)8-4-9(11(16)17)15-14-8/h2-4H,1H3,(H,14,15)(H,16,17). The number of halogens is 2. The molecule has 2 N–H and O–H groups in total. The Hall–Kier alpha value is -2.44. The molecule has 0 atom stereocenters. The van der Waals surface area contributed by atoms with Gasteiger partial charge in [0.2, 0.25) is 0 Å². The van der Waals surface area contributed by atoms with Gasteiger partial charge in [0.15, 0.2) is 11.6 Å². The van der Waals surface area contributed by atoms with E-state index in [0.29, 0.717) is 6.07 Å². The van der Waals surface area contributed by atoms with Gasteiger partial charge in [0.05, 0.1) is 18.4 Å². The van der Waals surface area contributed by atoms with Crippen molar-refractivity contribution in [3.05, 3.63) is 35.5 Å². The van der Waals surface area contributed by atoms with Crippen LogP contribution in [0.3, 0.4) is 0 Å². The minimum absolute atomic E-state index is 0.0405. The lowest BCUT2D eigenvalue weighted by atomic mass is 10.1. The molecule has 0 radical (unpaired) electrons. The van der Waals surface area contributed by atoms with E-state index < -0.39 is 17.6 Å². The van der Waals surface area contributed by atoms with Crippen LogP contribution in [0.15, 0.2) is 18.2 Å². The van der Waals surface area contributed by atoms with Crippen LogP contribution >= 0.6 is 0 Å². The minimum atomic E-state index is -1.22. The number of hydrogen-bond acceptors (Lipinski definition) is 3. The molecule has 1 aromatic heterocycles. The van der Waals surface area contributed by atoms with Crippen LogP contribution in [-0.4, -0.2) is 28.4 Å². The summed E-state index contributed by atoms with van der Waals surface area (Å²) in [6.45, 7) is 0. The molecule has 0 aliphatic rings. The summed E-state index contributed by atoms with van der Waals surface area (Å²) >= 11 is 0. The minimum Gasteiger partial charge on any atom is -0.493 e. The Morgan fingerprint density at radius 1 is 1.39 bits per heavy atom. The molecule has 2 rings (SSSR count). The fraction of sp³-hybridized carbons (Fsp3) is 0.0909. The molecule has 94 valence electrons. The lowest BCUT2D eigenvalue weighted by Crippen LogP contribution is -1.95. The Bertz CT molecular complexity index is 610. The van der Waals surface area contributed by atoms with Crippen LogP contribution in [0.4, 0.5) is 8.78 Å². The predicted molar refractivity (Wildman–Crippen MR) is 57.5 cm³/mol. The van der Waals surface area contributed by atoms with Crippen molar-refractivity contribution in [2.45, 2.75) is 0 Å². The van der Waals surface area contributed by atoms with Gasteiger partial charge in [0, 0.05) is 6.07 Å². The van der Waals surface area contributed by atoms with E-state index in [1.807, 2.05) is 0 Å². The molecule has 5 nitrogen and oxygen atoms in total. The van der Waals surface area contributed by atoms with E-state index in [2.05, 4.69) is 10.2 Å². The number of rotatable bonds is 3. The Balaban J connectivity index is 2.58. The van der Waals surface area contributed by atoms with Crippen LogP contribution in [0.25, 0.3) is 11.3 Å². The fourth-order valence-corrected chi connectivity index (χ4v) is 1.53. The number of H-pyrrole nitrogens is 1. The van der Waals surface area contributed by atoms with Crippen LogP contribution in [0, 0.1) is 11.6 Å². The van der Waals surface area contributed by atoms with E-state index in [0.717, 1.165) is 6.07 Å². The van der Waals surface area contributed by atoms with Crippen molar-refractivity contribution >= 4 is 5.97 Å². The number of carbonyl (C=O) groups is 1. The summed E-state index contributed by atoms with van der Waals surface area (Å²) in [5.74, 6) is -3.10. The largest absolute Gasteiger partial charge is 0.493 e. The smallest absolute Gasteiger partial charge is 0.353 e.